The maximum atomic E-state index is 12.6. The van der Waals surface area contributed by atoms with Crippen molar-refractivity contribution in [3.05, 3.63) is 69.0 Å². The fourth-order valence-corrected chi connectivity index (χ4v) is 2.58. The number of rotatable bonds is 8. The molecular formula is C19H27ClN4O3. The SMILES string of the molecule is CCC(N)(CC)CNC(=O)Cn1c(=O)ccn(Cc2ccccc2)c1=O.Cl. The lowest BCUT2D eigenvalue weighted by molar-refractivity contribution is -0.122. The molecule has 148 valence electrons. The summed E-state index contributed by atoms with van der Waals surface area (Å²) in [6.07, 6.45) is 2.89. The van der Waals surface area contributed by atoms with E-state index >= 15 is 0 Å². The summed E-state index contributed by atoms with van der Waals surface area (Å²) < 4.78 is 2.35. The van der Waals surface area contributed by atoms with E-state index in [1.54, 1.807) is 0 Å². The number of nitrogens with zero attached hydrogens (tertiary/aromatic N) is 2. The Bertz CT molecular complexity index is 857. The zero-order valence-electron chi connectivity index (χ0n) is 15.7. The largest absolute Gasteiger partial charge is 0.353 e. The summed E-state index contributed by atoms with van der Waals surface area (Å²) in [6, 6.07) is 10.7. The van der Waals surface area contributed by atoms with E-state index in [9.17, 15) is 14.4 Å². The van der Waals surface area contributed by atoms with Crippen molar-refractivity contribution in [3.63, 3.8) is 0 Å². The van der Waals surface area contributed by atoms with Gasteiger partial charge in [-0.3, -0.25) is 18.7 Å². The fraction of sp³-hybridized carbons (Fsp3) is 0.421. The molecule has 0 unspecified atom stereocenters. The number of nitrogens with one attached hydrogen (secondary N) is 1. The predicted molar refractivity (Wildman–Crippen MR) is 108 cm³/mol. The second-order valence-electron chi connectivity index (χ2n) is 6.48. The number of halogens is 1. The van der Waals surface area contributed by atoms with Gasteiger partial charge in [-0.15, -0.1) is 12.4 Å². The van der Waals surface area contributed by atoms with Gasteiger partial charge in [-0.25, -0.2) is 4.79 Å². The van der Waals surface area contributed by atoms with Gasteiger partial charge in [0.05, 0.1) is 6.54 Å². The molecule has 2 aromatic rings. The van der Waals surface area contributed by atoms with E-state index in [4.69, 9.17) is 5.73 Å². The van der Waals surface area contributed by atoms with E-state index < -0.39 is 22.7 Å². The number of nitrogens with two attached hydrogens (primary N) is 1. The second kappa shape index (κ2) is 10.1. The second-order valence-corrected chi connectivity index (χ2v) is 6.48. The number of benzene rings is 1. The Morgan fingerprint density at radius 2 is 1.74 bits per heavy atom. The molecule has 0 aliphatic heterocycles. The third-order valence-corrected chi connectivity index (χ3v) is 4.68. The normalized spacial score (nSPS) is 10.9. The van der Waals surface area contributed by atoms with Crippen LogP contribution in [0.1, 0.15) is 32.3 Å². The van der Waals surface area contributed by atoms with Crippen molar-refractivity contribution in [1.82, 2.24) is 14.5 Å². The van der Waals surface area contributed by atoms with Crippen LogP contribution in [0.4, 0.5) is 0 Å². The summed E-state index contributed by atoms with van der Waals surface area (Å²) in [6.45, 7) is 4.23. The van der Waals surface area contributed by atoms with Crippen LogP contribution in [-0.2, 0) is 17.9 Å². The number of hydrogen-bond acceptors (Lipinski definition) is 4. The Balaban J connectivity index is 0.00000364. The average molecular weight is 395 g/mol. The number of hydrogen-bond donors (Lipinski definition) is 2. The molecule has 0 aliphatic carbocycles. The van der Waals surface area contributed by atoms with Crippen LogP contribution >= 0.6 is 12.4 Å². The van der Waals surface area contributed by atoms with Crippen molar-refractivity contribution in [2.24, 2.45) is 5.73 Å². The molecule has 0 saturated heterocycles. The van der Waals surface area contributed by atoms with Crippen molar-refractivity contribution in [2.45, 2.75) is 45.3 Å². The van der Waals surface area contributed by atoms with Gasteiger partial charge in [0.15, 0.2) is 0 Å². The van der Waals surface area contributed by atoms with Crippen molar-refractivity contribution < 1.29 is 4.79 Å². The molecule has 1 amide bonds. The monoisotopic (exact) mass is 394 g/mol. The Hall–Kier alpha value is -2.38. The molecule has 27 heavy (non-hydrogen) atoms. The van der Waals surface area contributed by atoms with E-state index in [2.05, 4.69) is 5.32 Å². The van der Waals surface area contributed by atoms with Crippen LogP contribution in [0.3, 0.4) is 0 Å². The van der Waals surface area contributed by atoms with E-state index in [0.717, 1.165) is 23.0 Å². The lowest BCUT2D eigenvalue weighted by Crippen LogP contribution is -2.51. The van der Waals surface area contributed by atoms with Crippen molar-refractivity contribution in [2.75, 3.05) is 6.54 Å². The van der Waals surface area contributed by atoms with Gasteiger partial charge in [-0.1, -0.05) is 44.2 Å². The summed E-state index contributed by atoms with van der Waals surface area (Å²) in [4.78, 5) is 36.8. The molecule has 0 aliphatic rings. The van der Waals surface area contributed by atoms with Crippen LogP contribution in [0, 0.1) is 0 Å². The van der Waals surface area contributed by atoms with Crippen molar-refractivity contribution in [1.29, 1.82) is 0 Å². The molecule has 0 bridgehead atoms. The van der Waals surface area contributed by atoms with Gasteiger partial charge >= 0.3 is 5.69 Å². The van der Waals surface area contributed by atoms with Crippen molar-refractivity contribution >= 4 is 18.3 Å². The Labute approximate surface area is 164 Å². The first-order valence-electron chi connectivity index (χ1n) is 8.78. The Kier molecular flexibility index (Phi) is 8.46. The van der Waals surface area contributed by atoms with E-state index in [1.165, 1.54) is 16.8 Å². The highest BCUT2D eigenvalue weighted by Gasteiger charge is 2.21. The zero-order valence-corrected chi connectivity index (χ0v) is 16.5. The molecule has 0 spiro atoms. The van der Waals surface area contributed by atoms with Crippen LogP contribution in [0.25, 0.3) is 0 Å². The van der Waals surface area contributed by atoms with Crippen molar-refractivity contribution in [3.8, 4) is 0 Å². The fourth-order valence-electron chi connectivity index (χ4n) is 2.58. The molecule has 0 fully saturated rings. The van der Waals surface area contributed by atoms with Gasteiger partial charge in [-0.05, 0) is 18.4 Å². The maximum Gasteiger partial charge on any atom is 0.331 e. The van der Waals surface area contributed by atoms with E-state index in [0.29, 0.717) is 13.1 Å². The minimum Gasteiger partial charge on any atom is -0.353 e. The number of aromatic nitrogens is 2. The third kappa shape index (κ3) is 6.08. The standard InChI is InChI=1S/C19H26N4O3.ClH/c1-3-19(20,4-2)14-21-16(24)13-23-17(25)10-11-22(18(23)26)12-15-8-6-5-7-9-15;/h5-11H,3-4,12-14,20H2,1-2H3,(H,21,24);1H. The Morgan fingerprint density at radius 1 is 1.11 bits per heavy atom. The molecule has 0 radical (unpaired) electrons. The van der Waals surface area contributed by atoms with Gasteiger partial charge in [0, 0.05) is 24.3 Å². The molecule has 3 N–H and O–H groups in total. The quantitative estimate of drug-likeness (QED) is 0.700. The lowest BCUT2D eigenvalue weighted by Gasteiger charge is -2.26. The van der Waals surface area contributed by atoms with E-state index in [-0.39, 0.29) is 19.0 Å². The molecule has 1 aromatic carbocycles. The minimum absolute atomic E-state index is 0. The summed E-state index contributed by atoms with van der Waals surface area (Å²) in [5, 5.41) is 2.73. The Morgan fingerprint density at radius 3 is 2.33 bits per heavy atom. The van der Waals surface area contributed by atoms with E-state index in [1.807, 2.05) is 44.2 Å². The van der Waals surface area contributed by atoms with Gasteiger partial charge in [0.2, 0.25) is 5.91 Å². The molecular weight excluding hydrogens is 368 g/mol. The summed E-state index contributed by atoms with van der Waals surface area (Å²) in [7, 11) is 0. The van der Waals surface area contributed by atoms with Crippen LogP contribution in [0.5, 0.6) is 0 Å². The first-order chi connectivity index (χ1) is 12.4. The number of amides is 1. The van der Waals surface area contributed by atoms with Gasteiger partial charge in [0.1, 0.15) is 6.54 Å². The third-order valence-electron chi connectivity index (χ3n) is 4.68. The predicted octanol–water partition coefficient (Wildman–Crippen LogP) is 1.11. The summed E-state index contributed by atoms with van der Waals surface area (Å²) in [5.74, 6) is -0.404. The molecule has 1 aromatic heterocycles. The van der Waals surface area contributed by atoms with Gasteiger partial charge < -0.3 is 11.1 Å². The van der Waals surface area contributed by atoms with Crippen LogP contribution in [-0.4, -0.2) is 27.1 Å². The number of carbonyl (C=O) groups excluding carboxylic acids is 1. The molecule has 7 nitrogen and oxygen atoms in total. The molecule has 2 rings (SSSR count). The summed E-state index contributed by atoms with van der Waals surface area (Å²) >= 11 is 0. The first kappa shape index (κ1) is 22.7. The summed E-state index contributed by atoms with van der Waals surface area (Å²) in [5.41, 5.74) is 5.60. The minimum atomic E-state index is -0.513. The topological polar surface area (TPSA) is 99.1 Å². The molecule has 1 heterocycles. The molecule has 0 atom stereocenters. The van der Waals surface area contributed by atoms with Gasteiger partial charge in [-0.2, -0.15) is 0 Å². The average Bonchev–Trinajstić information content (AvgIpc) is 2.66. The lowest BCUT2D eigenvalue weighted by atomic mass is 9.94. The molecule has 8 heteroatoms. The smallest absolute Gasteiger partial charge is 0.331 e. The number of carbonyl (C=O) groups is 1. The highest BCUT2D eigenvalue weighted by molar-refractivity contribution is 5.85. The highest BCUT2D eigenvalue weighted by atomic mass is 35.5. The first-order valence-corrected chi connectivity index (χ1v) is 8.78. The highest BCUT2D eigenvalue weighted by Crippen LogP contribution is 2.09. The molecule has 0 saturated carbocycles. The van der Waals surface area contributed by atoms with Crippen LogP contribution in [0.15, 0.2) is 52.2 Å². The van der Waals surface area contributed by atoms with Crippen LogP contribution < -0.4 is 22.3 Å². The van der Waals surface area contributed by atoms with Gasteiger partial charge in [0.25, 0.3) is 5.56 Å². The zero-order chi connectivity index (χ0) is 19.2. The van der Waals surface area contributed by atoms with Crippen LogP contribution in [0.2, 0.25) is 0 Å². The maximum absolute atomic E-state index is 12.6.